The molecule has 5 bridgehead atoms. The summed E-state index contributed by atoms with van der Waals surface area (Å²) in [5.74, 6) is -1.50. The minimum Gasteiger partial charge on any atom is -0.451 e. The van der Waals surface area contributed by atoms with Crippen LogP contribution in [-0.4, -0.2) is 65.5 Å². The van der Waals surface area contributed by atoms with Crippen LogP contribution in [0.3, 0.4) is 0 Å². The number of hydrogen-bond donors (Lipinski definition) is 3. The van der Waals surface area contributed by atoms with Gasteiger partial charge in [0.15, 0.2) is 6.10 Å². The Morgan fingerprint density at radius 2 is 1.80 bits per heavy atom. The van der Waals surface area contributed by atoms with Crippen molar-refractivity contribution >= 4 is 58.1 Å². The van der Waals surface area contributed by atoms with Gasteiger partial charge in [-0.25, -0.2) is 10.4 Å². The molecule has 2 aromatic carbocycles. The van der Waals surface area contributed by atoms with E-state index in [2.05, 4.69) is 16.2 Å². The molecule has 1 saturated heterocycles. The number of aromatic nitrogens is 1. The van der Waals surface area contributed by atoms with E-state index < -0.39 is 41.4 Å². The summed E-state index contributed by atoms with van der Waals surface area (Å²) in [7, 11) is 1.70. The fourth-order valence-corrected chi connectivity index (χ4v) is 5.37. The van der Waals surface area contributed by atoms with Gasteiger partial charge < -0.3 is 10.1 Å². The lowest BCUT2D eigenvalue weighted by molar-refractivity contribution is -0.162. The molecule has 3 unspecified atom stereocenters. The molecule has 11 nitrogen and oxygen atoms in total. The molecule has 1 fully saturated rings. The zero-order valence-corrected chi connectivity index (χ0v) is 26.4. The van der Waals surface area contributed by atoms with Crippen molar-refractivity contribution in [3.8, 4) is 0 Å². The maximum Gasteiger partial charge on any atom is 0.316 e. The van der Waals surface area contributed by atoms with Gasteiger partial charge in [0.05, 0.1) is 10.9 Å². The maximum atomic E-state index is 13.6. The number of esters is 1. The number of nitrogens with zero attached hydrogens (tertiary/aromatic N) is 3. The molecule has 1 aromatic heterocycles. The van der Waals surface area contributed by atoms with Crippen LogP contribution in [-0.2, 0) is 30.3 Å². The Kier molecular flexibility index (Phi) is 9.40. The quantitative estimate of drug-likeness (QED) is 0.366. The summed E-state index contributed by atoms with van der Waals surface area (Å²) < 4.78 is 5.83. The third kappa shape index (κ3) is 7.43. The van der Waals surface area contributed by atoms with Crippen LogP contribution in [0.4, 0.5) is 5.82 Å². The number of halogens is 1. The number of pyridine rings is 1. The zero-order chi connectivity index (χ0) is 32.3. The predicted molar refractivity (Wildman–Crippen MR) is 172 cm³/mol. The van der Waals surface area contributed by atoms with Gasteiger partial charge in [0.25, 0.3) is 17.7 Å². The van der Waals surface area contributed by atoms with Crippen LogP contribution in [0.1, 0.15) is 44.7 Å². The van der Waals surface area contributed by atoms with E-state index in [1.807, 2.05) is 24.3 Å². The first-order chi connectivity index (χ1) is 21.4. The number of anilines is 1. The summed E-state index contributed by atoms with van der Waals surface area (Å²) in [6, 6.07) is 14.8. The second-order valence-electron chi connectivity index (χ2n) is 11.9. The Hall–Kier alpha value is -4.48. The van der Waals surface area contributed by atoms with Crippen molar-refractivity contribution in [2.24, 2.45) is 5.41 Å². The molecular formula is C33H37ClN6O5. The number of carbonyl (C=O) groups excluding carboxylic acids is 4. The summed E-state index contributed by atoms with van der Waals surface area (Å²) in [5, 5.41) is 6.91. The van der Waals surface area contributed by atoms with Crippen LogP contribution in [0.2, 0.25) is 5.02 Å². The molecule has 0 spiro atoms. The van der Waals surface area contributed by atoms with Crippen LogP contribution in [0.25, 0.3) is 17.0 Å². The van der Waals surface area contributed by atoms with Crippen molar-refractivity contribution in [1.82, 2.24) is 26.2 Å². The van der Waals surface area contributed by atoms with Crippen LogP contribution < -0.4 is 21.2 Å². The van der Waals surface area contributed by atoms with Gasteiger partial charge in [-0.3, -0.25) is 34.6 Å². The lowest BCUT2D eigenvalue weighted by atomic mass is 9.92. The molecule has 5 rings (SSSR count). The van der Waals surface area contributed by atoms with E-state index in [1.54, 1.807) is 70.3 Å². The monoisotopic (exact) mass is 632 g/mol. The number of hydrogen-bond acceptors (Lipinski definition) is 8. The predicted octanol–water partition coefficient (Wildman–Crippen LogP) is 3.56. The molecule has 2 aliphatic heterocycles. The molecule has 3 heterocycles. The average Bonchev–Trinajstić information content (AvgIpc) is 3.03. The molecule has 2 aliphatic rings. The van der Waals surface area contributed by atoms with Crippen LogP contribution in [0.15, 0.2) is 60.7 Å². The normalized spacial score (nSPS) is 23.7. The molecule has 3 atom stereocenters. The summed E-state index contributed by atoms with van der Waals surface area (Å²) in [5.41, 5.74) is 6.85. The van der Waals surface area contributed by atoms with E-state index in [0.29, 0.717) is 41.3 Å². The van der Waals surface area contributed by atoms with Crippen LogP contribution >= 0.6 is 11.6 Å². The zero-order valence-electron chi connectivity index (χ0n) is 25.7. The fourth-order valence-electron chi connectivity index (χ4n) is 5.16. The molecule has 236 valence electrons. The van der Waals surface area contributed by atoms with Crippen LogP contribution in [0.5, 0.6) is 0 Å². The van der Waals surface area contributed by atoms with Gasteiger partial charge >= 0.3 is 5.97 Å². The third-order valence-electron chi connectivity index (χ3n) is 7.94. The van der Waals surface area contributed by atoms with E-state index in [-0.39, 0.29) is 12.3 Å². The number of cyclic esters (lactones) is 1. The maximum absolute atomic E-state index is 13.6. The minimum absolute atomic E-state index is 0.00829. The van der Waals surface area contributed by atoms with Crippen molar-refractivity contribution in [3.63, 3.8) is 0 Å². The van der Waals surface area contributed by atoms with Crippen molar-refractivity contribution in [2.45, 2.75) is 58.2 Å². The van der Waals surface area contributed by atoms with Gasteiger partial charge in [-0.1, -0.05) is 54.1 Å². The molecule has 12 heteroatoms. The van der Waals surface area contributed by atoms with E-state index in [0.717, 1.165) is 10.9 Å². The average molecular weight is 633 g/mol. The Morgan fingerprint density at radius 1 is 1.04 bits per heavy atom. The highest BCUT2D eigenvalue weighted by atomic mass is 35.5. The van der Waals surface area contributed by atoms with E-state index in [1.165, 1.54) is 10.0 Å². The van der Waals surface area contributed by atoms with Gasteiger partial charge in [0.1, 0.15) is 17.9 Å². The summed E-state index contributed by atoms with van der Waals surface area (Å²) in [6.07, 6.45) is 3.34. The topological polar surface area (TPSA) is 133 Å². The van der Waals surface area contributed by atoms with E-state index >= 15 is 0 Å². The Balaban J connectivity index is 1.50. The van der Waals surface area contributed by atoms with Crippen LogP contribution in [0, 0.1) is 5.41 Å². The van der Waals surface area contributed by atoms with Gasteiger partial charge in [0.2, 0.25) is 0 Å². The molecule has 3 amide bonds. The van der Waals surface area contributed by atoms with Crippen molar-refractivity contribution in [2.75, 3.05) is 18.6 Å². The van der Waals surface area contributed by atoms with Gasteiger partial charge in [0, 0.05) is 30.4 Å². The molecule has 0 saturated carbocycles. The van der Waals surface area contributed by atoms with Crippen molar-refractivity contribution in [3.05, 3.63) is 76.8 Å². The lowest BCUT2D eigenvalue weighted by Gasteiger charge is -2.35. The molecule has 0 aliphatic carbocycles. The highest BCUT2D eigenvalue weighted by molar-refractivity contribution is 6.31. The highest BCUT2D eigenvalue weighted by Gasteiger charge is 2.35. The number of benzene rings is 2. The molecule has 0 radical (unpaired) electrons. The number of amides is 3. The number of fused-ring (bicyclic) bond motifs is 4. The second kappa shape index (κ2) is 13.3. The minimum atomic E-state index is -1.26. The number of carbonyl (C=O) groups is 4. The largest absolute Gasteiger partial charge is 0.451 e. The smallest absolute Gasteiger partial charge is 0.316 e. The number of nitrogens with one attached hydrogen (secondary N) is 3. The van der Waals surface area contributed by atoms with E-state index in [9.17, 15) is 19.2 Å². The number of hydrazine groups is 2. The van der Waals surface area contributed by atoms with E-state index in [4.69, 9.17) is 21.3 Å². The fraction of sp³-hybridized carbons (Fsp3) is 0.364. The summed E-state index contributed by atoms with van der Waals surface area (Å²) >= 11 is 6.39. The molecule has 3 aromatic rings. The second-order valence-corrected chi connectivity index (χ2v) is 12.4. The van der Waals surface area contributed by atoms with Gasteiger partial charge in [-0.2, -0.15) is 0 Å². The highest BCUT2D eigenvalue weighted by Crippen LogP contribution is 2.26. The summed E-state index contributed by atoms with van der Waals surface area (Å²) in [6.45, 7) is 5.30. The van der Waals surface area contributed by atoms with Crippen molar-refractivity contribution < 1.29 is 23.9 Å². The van der Waals surface area contributed by atoms with Crippen molar-refractivity contribution in [1.29, 1.82) is 0 Å². The summed E-state index contributed by atoms with van der Waals surface area (Å²) in [4.78, 5) is 58.4. The Bertz CT molecular complexity index is 1660. The molecular weight excluding hydrogens is 596 g/mol. The first-order valence-corrected chi connectivity index (χ1v) is 15.3. The molecule has 45 heavy (non-hydrogen) atoms. The standard InChI is InChI=1S/C33H37ClN6O5/c1-20-31(43)40-17-7-10-25(37-40)29(41)38-39(4)28-14-13-22-12-11-21(18-26(22)36-28)15-16-33(2,3)32(44)45-27(30(42)35-20)19-23-8-5-6-9-24(23)34/h5-6,8-9,11-16,18,20,25,27,37H,7,10,17,19H2,1-4H3,(H,35,42)(H,38,41)/b16-15+. The Morgan fingerprint density at radius 3 is 2.58 bits per heavy atom. The first-order valence-electron chi connectivity index (χ1n) is 14.9. The lowest BCUT2D eigenvalue weighted by Crippen LogP contribution is -2.62. The number of rotatable bonds is 2. The molecule has 3 N–H and O–H groups in total. The first kappa shape index (κ1) is 31.9. The SMILES string of the molecule is CC1NC(=O)C(Cc2ccccc2Cl)OC(=O)C(C)(C)/C=C/c2ccc3ccc(nc3c2)N(C)NC(=O)C2CCCN(N2)C1=O. The van der Waals surface area contributed by atoms with Gasteiger partial charge in [-0.05, 0) is 69.0 Å². The third-order valence-corrected chi connectivity index (χ3v) is 8.31. The number of ether oxygens (including phenoxy) is 1. The Labute approximate surface area is 266 Å². The van der Waals surface area contributed by atoms with Gasteiger partial charge in [-0.15, -0.1) is 0 Å².